The van der Waals surface area contributed by atoms with E-state index in [9.17, 15) is 4.79 Å². The fraction of sp³-hybridized carbons (Fsp3) is 0.353. The van der Waals surface area contributed by atoms with Crippen LogP contribution in [0.4, 0.5) is 5.82 Å². The maximum atomic E-state index is 12.5. The normalized spacial score (nSPS) is 10.4. The lowest BCUT2D eigenvalue weighted by molar-refractivity contribution is 0.0719. The molecule has 0 saturated heterocycles. The summed E-state index contributed by atoms with van der Waals surface area (Å²) < 4.78 is 1.45. The maximum absolute atomic E-state index is 12.5. The minimum absolute atomic E-state index is 0.0612. The first-order valence-electron chi connectivity index (χ1n) is 7.86. The average Bonchev–Trinajstić information content (AvgIpc) is 2.98. The monoisotopic (exact) mass is 327 g/mol. The third-order valence-electron chi connectivity index (χ3n) is 3.72. The van der Waals surface area contributed by atoms with Gasteiger partial charge in [-0.2, -0.15) is 10.4 Å². The quantitative estimate of drug-likeness (QED) is 0.802. The van der Waals surface area contributed by atoms with Gasteiger partial charge in [0.05, 0.1) is 18.5 Å². The van der Waals surface area contributed by atoms with Crippen LogP contribution in [-0.2, 0) is 0 Å². The number of carbonyl (C=O) groups is 1. The van der Waals surface area contributed by atoms with Gasteiger partial charge in [-0.3, -0.25) is 4.79 Å². The molecule has 7 heteroatoms. The van der Waals surface area contributed by atoms with Gasteiger partial charge in [-0.05, 0) is 30.7 Å². The van der Waals surface area contributed by atoms with Gasteiger partial charge in [0.25, 0.3) is 5.91 Å². The number of nitriles is 1. The van der Waals surface area contributed by atoms with Crippen LogP contribution in [0.2, 0.25) is 0 Å². The molecule has 0 atom stereocenters. The molecule has 0 aliphatic carbocycles. The molecule has 0 aliphatic heterocycles. The molecule has 1 aromatic carbocycles. The molecular formula is C17H21N5O2. The number of aromatic nitrogens is 2. The summed E-state index contributed by atoms with van der Waals surface area (Å²) in [6.45, 7) is 2.93. The second-order valence-electron chi connectivity index (χ2n) is 5.38. The Hall–Kier alpha value is -2.85. The van der Waals surface area contributed by atoms with Crippen molar-refractivity contribution in [2.75, 3.05) is 25.4 Å². The molecule has 0 aliphatic rings. The molecule has 1 amide bonds. The third-order valence-corrected chi connectivity index (χ3v) is 3.72. The molecule has 126 valence electrons. The summed E-state index contributed by atoms with van der Waals surface area (Å²) in [7, 11) is 0. The Morgan fingerprint density at radius 3 is 2.62 bits per heavy atom. The molecule has 7 nitrogen and oxygen atoms in total. The molecule has 0 radical (unpaired) electrons. The van der Waals surface area contributed by atoms with Crippen molar-refractivity contribution in [3.63, 3.8) is 0 Å². The summed E-state index contributed by atoms with van der Waals surface area (Å²) in [6.07, 6.45) is 3.28. The van der Waals surface area contributed by atoms with Crippen LogP contribution in [0.5, 0.6) is 0 Å². The van der Waals surface area contributed by atoms with E-state index < -0.39 is 0 Å². The highest BCUT2D eigenvalue weighted by Crippen LogP contribution is 2.17. The lowest BCUT2D eigenvalue weighted by atomic mass is 10.1. The molecule has 0 bridgehead atoms. The summed E-state index contributed by atoms with van der Waals surface area (Å²) in [6, 6.07) is 8.82. The van der Waals surface area contributed by atoms with Crippen molar-refractivity contribution in [2.24, 2.45) is 0 Å². The Bertz CT molecular complexity index is 730. The van der Waals surface area contributed by atoms with Crippen LogP contribution in [0.15, 0.2) is 30.5 Å². The van der Waals surface area contributed by atoms with E-state index in [1.807, 2.05) is 6.07 Å². The maximum Gasteiger partial charge on any atom is 0.253 e. The number of hydrogen-bond acceptors (Lipinski definition) is 5. The molecule has 0 unspecified atom stereocenters. The number of nitrogens with two attached hydrogens (primary N) is 1. The van der Waals surface area contributed by atoms with Crippen LogP contribution in [0.1, 0.15) is 35.7 Å². The molecule has 0 fully saturated rings. The number of carbonyl (C=O) groups excluding carboxylic acids is 1. The van der Waals surface area contributed by atoms with Crippen LogP contribution in [0.25, 0.3) is 5.69 Å². The Morgan fingerprint density at radius 2 is 2.08 bits per heavy atom. The topological polar surface area (TPSA) is 108 Å². The van der Waals surface area contributed by atoms with Crippen molar-refractivity contribution in [1.82, 2.24) is 14.7 Å². The number of aliphatic hydroxyl groups excluding tert-OH is 1. The number of aliphatic hydroxyl groups is 1. The second-order valence-corrected chi connectivity index (χ2v) is 5.38. The van der Waals surface area contributed by atoms with Crippen molar-refractivity contribution in [3.05, 3.63) is 41.6 Å². The van der Waals surface area contributed by atoms with Crippen LogP contribution in [-0.4, -0.2) is 45.4 Å². The van der Waals surface area contributed by atoms with E-state index >= 15 is 0 Å². The minimum Gasteiger partial charge on any atom is -0.395 e. The first-order valence-corrected chi connectivity index (χ1v) is 7.86. The van der Waals surface area contributed by atoms with Gasteiger partial charge in [-0.1, -0.05) is 13.3 Å². The van der Waals surface area contributed by atoms with Crippen molar-refractivity contribution >= 4 is 11.7 Å². The number of amides is 1. The largest absolute Gasteiger partial charge is 0.395 e. The van der Waals surface area contributed by atoms with Gasteiger partial charge in [0, 0.05) is 18.7 Å². The molecule has 2 aromatic rings. The number of nitrogens with zero attached hydrogens (tertiary/aromatic N) is 4. The summed E-state index contributed by atoms with van der Waals surface area (Å²) >= 11 is 0. The fourth-order valence-electron chi connectivity index (χ4n) is 2.36. The van der Waals surface area contributed by atoms with E-state index in [-0.39, 0.29) is 18.3 Å². The lowest BCUT2D eigenvalue weighted by Crippen LogP contribution is -2.34. The van der Waals surface area contributed by atoms with Gasteiger partial charge >= 0.3 is 0 Å². The van der Waals surface area contributed by atoms with Crippen LogP contribution >= 0.6 is 0 Å². The summed E-state index contributed by atoms with van der Waals surface area (Å²) in [5.74, 6) is 0.150. The van der Waals surface area contributed by atoms with E-state index in [0.29, 0.717) is 29.9 Å². The van der Waals surface area contributed by atoms with Gasteiger partial charge in [0.15, 0.2) is 0 Å². The van der Waals surface area contributed by atoms with Crippen molar-refractivity contribution < 1.29 is 9.90 Å². The van der Waals surface area contributed by atoms with Gasteiger partial charge < -0.3 is 15.7 Å². The van der Waals surface area contributed by atoms with Crippen LogP contribution in [0, 0.1) is 11.3 Å². The van der Waals surface area contributed by atoms with Gasteiger partial charge in [-0.25, -0.2) is 4.68 Å². The number of unbranched alkanes of at least 4 members (excludes halogenated alkanes) is 1. The highest BCUT2D eigenvalue weighted by atomic mass is 16.3. The number of anilines is 1. The van der Waals surface area contributed by atoms with E-state index in [1.165, 1.54) is 10.9 Å². The Kier molecular flexibility index (Phi) is 5.93. The van der Waals surface area contributed by atoms with Crippen molar-refractivity contribution in [1.29, 1.82) is 5.26 Å². The van der Waals surface area contributed by atoms with Crippen LogP contribution in [0.3, 0.4) is 0 Å². The molecular weight excluding hydrogens is 306 g/mol. The van der Waals surface area contributed by atoms with Crippen LogP contribution < -0.4 is 5.73 Å². The Morgan fingerprint density at radius 1 is 1.38 bits per heavy atom. The summed E-state index contributed by atoms with van der Waals surface area (Å²) in [4.78, 5) is 14.2. The first kappa shape index (κ1) is 17.5. The Labute approximate surface area is 140 Å². The molecule has 24 heavy (non-hydrogen) atoms. The van der Waals surface area contributed by atoms with Gasteiger partial charge in [0.1, 0.15) is 17.5 Å². The minimum atomic E-state index is -0.116. The smallest absolute Gasteiger partial charge is 0.253 e. The predicted molar refractivity (Wildman–Crippen MR) is 90.6 cm³/mol. The number of nitrogen functional groups attached to an aromatic ring is 1. The number of rotatable bonds is 7. The van der Waals surface area contributed by atoms with Gasteiger partial charge in [0.2, 0.25) is 0 Å². The zero-order valence-corrected chi connectivity index (χ0v) is 13.6. The predicted octanol–water partition coefficient (Wildman–Crippen LogP) is 1.56. The Balaban J connectivity index is 2.20. The SMILES string of the molecule is CCCCN(CCO)C(=O)c1ccc(-n2ncc(C#N)c2N)cc1. The van der Waals surface area contributed by atoms with Crippen molar-refractivity contribution in [3.8, 4) is 11.8 Å². The molecule has 2 rings (SSSR count). The zero-order chi connectivity index (χ0) is 17.5. The third kappa shape index (κ3) is 3.73. The molecule has 3 N–H and O–H groups in total. The van der Waals surface area contributed by atoms with E-state index in [4.69, 9.17) is 16.1 Å². The zero-order valence-electron chi connectivity index (χ0n) is 13.6. The van der Waals surface area contributed by atoms with Gasteiger partial charge in [-0.15, -0.1) is 0 Å². The average molecular weight is 327 g/mol. The first-order chi connectivity index (χ1) is 11.6. The molecule has 1 aromatic heterocycles. The second kappa shape index (κ2) is 8.13. The van der Waals surface area contributed by atoms with Crippen molar-refractivity contribution in [2.45, 2.75) is 19.8 Å². The lowest BCUT2D eigenvalue weighted by Gasteiger charge is -2.21. The summed E-state index contributed by atoms with van der Waals surface area (Å²) in [5, 5.41) is 22.1. The van der Waals surface area contributed by atoms with E-state index in [2.05, 4.69) is 12.0 Å². The molecule has 1 heterocycles. The fourth-order valence-corrected chi connectivity index (χ4v) is 2.36. The van der Waals surface area contributed by atoms with E-state index in [0.717, 1.165) is 12.8 Å². The summed E-state index contributed by atoms with van der Waals surface area (Å²) in [5.41, 5.74) is 7.38. The highest BCUT2D eigenvalue weighted by Gasteiger charge is 2.15. The number of benzene rings is 1. The standard InChI is InChI=1S/C17H21N5O2/c1-2-3-8-21(9-10-23)17(24)13-4-6-15(7-5-13)22-16(19)14(11-18)12-20-22/h4-7,12,23H,2-3,8-10,19H2,1H3. The highest BCUT2D eigenvalue weighted by molar-refractivity contribution is 5.94. The number of hydrogen-bond donors (Lipinski definition) is 2. The molecule has 0 spiro atoms. The van der Waals surface area contributed by atoms with E-state index in [1.54, 1.807) is 29.2 Å². The molecule has 0 saturated carbocycles.